The molecule has 0 spiro atoms. The molecule has 1 fully saturated rings. The van der Waals surface area contributed by atoms with Gasteiger partial charge in [0, 0.05) is 19.3 Å². The van der Waals surface area contributed by atoms with Gasteiger partial charge < -0.3 is 39.0 Å². The van der Waals surface area contributed by atoms with Crippen LogP contribution in [0.3, 0.4) is 0 Å². The van der Waals surface area contributed by atoms with Crippen LogP contribution in [0.1, 0.15) is 239 Å². The number of unbranched alkanes of at least 4 members (excludes halogenated alkanes) is 19. The average molecular weight is 1110 g/mol. The molecule has 1 saturated heterocycles. The first-order chi connectivity index (χ1) is 38.6. The molecule has 0 aliphatic carbocycles. The molecule has 3 N–H and O–H groups in total. The lowest BCUT2D eigenvalue weighted by atomic mass is 9.98. The van der Waals surface area contributed by atoms with Crippen molar-refractivity contribution in [3.63, 3.8) is 0 Å². The highest BCUT2D eigenvalue weighted by Crippen LogP contribution is 2.26. The number of hydrogen-bond acceptors (Lipinski definition) is 11. The summed E-state index contributed by atoms with van der Waals surface area (Å²) in [5, 5.41) is 31.5. The van der Waals surface area contributed by atoms with E-state index < -0.39 is 67.3 Å². The van der Waals surface area contributed by atoms with Crippen molar-refractivity contribution in [3.8, 4) is 0 Å². The van der Waals surface area contributed by atoms with E-state index in [4.69, 9.17) is 23.7 Å². The third-order valence-electron chi connectivity index (χ3n) is 13.3. The van der Waals surface area contributed by atoms with Gasteiger partial charge in [-0.15, -0.1) is 0 Å². The summed E-state index contributed by atoms with van der Waals surface area (Å²) in [5.41, 5.74) is 0. The molecule has 0 aromatic rings. The maximum atomic E-state index is 13.2. The Morgan fingerprint density at radius 3 is 1.22 bits per heavy atom. The second kappa shape index (κ2) is 54.0. The van der Waals surface area contributed by atoms with Crippen molar-refractivity contribution in [1.82, 2.24) is 0 Å². The monoisotopic (exact) mass is 1100 g/mol. The van der Waals surface area contributed by atoms with Gasteiger partial charge in [0.1, 0.15) is 18.8 Å². The Bertz CT molecular complexity index is 1790. The fraction of sp³-hybridized carbons (Fsp3) is 0.672. The number of carbonyl (C=O) groups is 4. The van der Waals surface area contributed by atoms with Crippen LogP contribution in [-0.4, -0.2) is 89.2 Å². The van der Waals surface area contributed by atoms with Crippen molar-refractivity contribution in [2.75, 3.05) is 13.2 Å². The number of aliphatic carboxylic acids is 1. The highest BCUT2D eigenvalue weighted by Gasteiger charge is 2.50. The summed E-state index contributed by atoms with van der Waals surface area (Å²) in [6.45, 7) is 5.71. The Labute approximate surface area is 478 Å². The molecule has 1 rings (SSSR count). The summed E-state index contributed by atoms with van der Waals surface area (Å²) in [7, 11) is 0. The Morgan fingerprint density at radius 1 is 0.430 bits per heavy atom. The van der Waals surface area contributed by atoms with Crippen LogP contribution in [0.25, 0.3) is 0 Å². The van der Waals surface area contributed by atoms with E-state index >= 15 is 0 Å². The number of aliphatic hydroxyl groups is 2. The van der Waals surface area contributed by atoms with Gasteiger partial charge in [-0.3, -0.25) is 14.4 Å². The molecule has 1 aliphatic heterocycles. The molecule has 12 nitrogen and oxygen atoms in total. The number of rotatable bonds is 51. The number of carbonyl (C=O) groups excluding carboxylic acids is 3. The standard InChI is InChI=1S/C67H108O12/c1-4-7-10-13-16-19-22-25-28-29-30-31-34-37-40-43-46-49-52-55-61(70)78-65-63(72)62(71)64(66(73)74)79-67(65)76-57-58(77-60(69)54-51-48-45-42-39-36-33-27-24-21-18-15-12-9-6-3)56-75-59(68)53-50-47-44-41-38-35-32-26-23-20-17-14-11-8-5-2/h8-9,11-12,16-21,25-28,30-33,58,62-65,67,71-72H,4-7,10,13-15,22-24,29,34-57H2,1-3H3,(H,73,74)/b11-8-,12-9-,19-16-,20-17-,21-18-,28-25-,31-30-,32-26-,33-27-. The second-order valence-corrected chi connectivity index (χ2v) is 20.6. The molecule has 6 unspecified atom stereocenters. The average Bonchev–Trinajstić information content (AvgIpc) is 3.46. The quantitative estimate of drug-likeness (QED) is 0.0228. The van der Waals surface area contributed by atoms with Crippen LogP contribution in [0.5, 0.6) is 0 Å². The summed E-state index contributed by atoms with van der Waals surface area (Å²) >= 11 is 0. The zero-order valence-corrected chi connectivity index (χ0v) is 49.3. The molecule has 0 amide bonds. The molecule has 0 saturated carbocycles. The van der Waals surface area contributed by atoms with Crippen LogP contribution in [0.4, 0.5) is 0 Å². The zero-order chi connectivity index (χ0) is 57.5. The topological polar surface area (TPSA) is 175 Å². The molecule has 0 aromatic carbocycles. The molecule has 1 heterocycles. The van der Waals surface area contributed by atoms with E-state index in [0.29, 0.717) is 19.3 Å². The van der Waals surface area contributed by atoms with Gasteiger partial charge >= 0.3 is 23.9 Å². The summed E-state index contributed by atoms with van der Waals surface area (Å²) in [6.07, 6.45) is 60.4. The van der Waals surface area contributed by atoms with Crippen LogP contribution < -0.4 is 0 Å². The molecule has 0 radical (unpaired) electrons. The Morgan fingerprint density at radius 2 is 0.797 bits per heavy atom. The van der Waals surface area contributed by atoms with Crippen molar-refractivity contribution in [2.45, 2.75) is 276 Å². The molecule has 1 aliphatic rings. The molecule has 0 aromatic heterocycles. The number of esters is 3. The van der Waals surface area contributed by atoms with Crippen LogP contribution in [0, 0.1) is 0 Å². The van der Waals surface area contributed by atoms with Gasteiger partial charge in [-0.2, -0.15) is 0 Å². The Balaban J connectivity index is 2.70. The van der Waals surface area contributed by atoms with E-state index in [1.807, 2.05) is 0 Å². The molecule has 0 bridgehead atoms. The van der Waals surface area contributed by atoms with Crippen LogP contribution in [-0.2, 0) is 42.9 Å². The molecule has 12 heteroatoms. The highest BCUT2D eigenvalue weighted by molar-refractivity contribution is 5.74. The van der Waals surface area contributed by atoms with Crippen LogP contribution in [0.15, 0.2) is 109 Å². The molecular weight excluding hydrogens is 997 g/mol. The van der Waals surface area contributed by atoms with Gasteiger partial charge in [-0.1, -0.05) is 207 Å². The minimum absolute atomic E-state index is 0.0368. The number of allylic oxidation sites excluding steroid dienone is 18. The van der Waals surface area contributed by atoms with E-state index in [-0.39, 0.29) is 25.9 Å². The zero-order valence-electron chi connectivity index (χ0n) is 49.3. The molecule has 79 heavy (non-hydrogen) atoms. The van der Waals surface area contributed by atoms with Crippen LogP contribution >= 0.6 is 0 Å². The first-order valence-corrected chi connectivity index (χ1v) is 30.9. The predicted octanol–water partition coefficient (Wildman–Crippen LogP) is 16.2. The number of carboxylic acid groups (broad SMARTS) is 1. The maximum Gasteiger partial charge on any atom is 0.335 e. The lowest BCUT2D eigenvalue weighted by molar-refractivity contribution is -0.301. The van der Waals surface area contributed by atoms with Gasteiger partial charge in [0.2, 0.25) is 0 Å². The van der Waals surface area contributed by atoms with Crippen LogP contribution in [0.2, 0.25) is 0 Å². The number of aliphatic hydroxyl groups excluding tert-OH is 2. The van der Waals surface area contributed by atoms with Crippen molar-refractivity contribution in [1.29, 1.82) is 0 Å². The van der Waals surface area contributed by atoms with E-state index in [1.54, 1.807) is 0 Å². The molecule has 448 valence electrons. The lowest BCUT2D eigenvalue weighted by Crippen LogP contribution is -2.61. The first-order valence-electron chi connectivity index (χ1n) is 30.9. The fourth-order valence-electron chi connectivity index (χ4n) is 8.64. The summed E-state index contributed by atoms with van der Waals surface area (Å²) < 4.78 is 28.4. The molecule has 6 atom stereocenters. The van der Waals surface area contributed by atoms with E-state index in [9.17, 15) is 34.5 Å². The Hall–Kier alpha value is -4.62. The number of hydrogen-bond donors (Lipinski definition) is 3. The lowest BCUT2D eigenvalue weighted by Gasteiger charge is -2.40. The van der Waals surface area contributed by atoms with Crippen molar-refractivity contribution >= 4 is 23.9 Å². The van der Waals surface area contributed by atoms with Gasteiger partial charge in [-0.05, 0) is 122 Å². The molecular formula is C67H108O12. The minimum atomic E-state index is -1.92. The van der Waals surface area contributed by atoms with E-state index in [2.05, 4.69) is 130 Å². The summed E-state index contributed by atoms with van der Waals surface area (Å²) in [5.74, 6) is -3.19. The van der Waals surface area contributed by atoms with Gasteiger partial charge in [-0.25, -0.2) is 4.79 Å². The maximum absolute atomic E-state index is 13.2. The van der Waals surface area contributed by atoms with Crippen molar-refractivity contribution in [2.24, 2.45) is 0 Å². The summed E-state index contributed by atoms with van der Waals surface area (Å²) in [6, 6.07) is 0. The number of ether oxygens (including phenoxy) is 5. The smallest absolute Gasteiger partial charge is 0.335 e. The van der Waals surface area contributed by atoms with E-state index in [1.165, 1.54) is 19.3 Å². The minimum Gasteiger partial charge on any atom is -0.479 e. The second-order valence-electron chi connectivity index (χ2n) is 20.6. The van der Waals surface area contributed by atoms with E-state index in [0.717, 1.165) is 161 Å². The van der Waals surface area contributed by atoms with Crippen molar-refractivity contribution in [3.05, 3.63) is 109 Å². The van der Waals surface area contributed by atoms with Gasteiger partial charge in [0.05, 0.1) is 6.61 Å². The largest absolute Gasteiger partial charge is 0.479 e. The first kappa shape index (κ1) is 72.4. The highest BCUT2D eigenvalue weighted by atomic mass is 16.7. The number of carboxylic acids is 1. The fourth-order valence-corrected chi connectivity index (χ4v) is 8.64. The third-order valence-corrected chi connectivity index (χ3v) is 13.3. The Kier molecular flexibility index (Phi) is 49.5. The predicted molar refractivity (Wildman–Crippen MR) is 321 cm³/mol. The normalized spacial score (nSPS) is 18.6. The third kappa shape index (κ3) is 43.8. The SMILES string of the molecule is CC/C=C\C/C=C\C/C=C\CCCCCCCC(=O)OCC(COC1OC(C(=O)O)C(O)C(O)C1OC(=O)CCCCCCCC/C=C\C/C=C\C/C=C\CCCCC)OC(=O)CCCCCCC/C=C\C/C=C\C/C=C\CC. The van der Waals surface area contributed by atoms with Crippen molar-refractivity contribution < 1.29 is 58.2 Å². The van der Waals surface area contributed by atoms with Gasteiger partial charge in [0.25, 0.3) is 0 Å². The van der Waals surface area contributed by atoms with Gasteiger partial charge in [0.15, 0.2) is 24.6 Å². The summed E-state index contributed by atoms with van der Waals surface area (Å²) in [4.78, 5) is 51.2.